The fourth-order valence-corrected chi connectivity index (χ4v) is 0.806. The van der Waals surface area contributed by atoms with Crippen molar-refractivity contribution in [2.75, 3.05) is 12.4 Å². The van der Waals surface area contributed by atoms with Crippen LogP contribution in [0.25, 0.3) is 6.08 Å². The molecule has 0 aliphatic carbocycles. The molecule has 1 aromatic rings. The lowest BCUT2D eigenvalue weighted by molar-refractivity contribution is 1.26. The number of nitriles is 1. The molecule has 1 rings (SSSR count). The summed E-state index contributed by atoms with van der Waals surface area (Å²) in [6, 6.07) is 7.50. The SMILES string of the molecule is CNc1cccc(/C=C/C#N)n1. The van der Waals surface area contributed by atoms with Gasteiger partial charge in [-0.15, -0.1) is 0 Å². The fraction of sp³-hybridized carbons (Fsp3) is 0.111. The molecule has 0 unspecified atom stereocenters. The summed E-state index contributed by atoms with van der Waals surface area (Å²) >= 11 is 0. The molecule has 0 aliphatic rings. The second-order valence-electron chi connectivity index (χ2n) is 2.16. The Labute approximate surface area is 71.4 Å². The van der Waals surface area contributed by atoms with E-state index in [9.17, 15) is 0 Å². The van der Waals surface area contributed by atoms with Crippen LogP contribution in [0.4, 0.5) is 5.82 Å². The molecule has 0 aromatic carbocycles. The van der Waals surface area contributed by atoms with E-state index in [4.69, 9.17) is 5.26 Å². The summed E-state index contributed by atoms with van der Waals surface area (Å²) in [4.78, 5) is 4.18. The Kier molecular flexibility index (Phi) is 2.86. The molecule has 12 heavy (non-hydrogen) atoms. The molecule has 0 amide bonds. The van der Waals surface area contributed by atoms with Crippen molar-refractivity contribution in [2.24, 2.45) is 0 Å². The van der Waals surface area contributed by atoms with Crippen molar-refractivity contribution in [3.8, 4) is 6.07 Å². The molecular weight excluding hydrogens is 150 g/mol. The van der Waals surface area contributed by atoms with Gasteiger partial charge in [0, 0.05) is 13.1 Å². The van der Waals surface area contributed by atoms with Crippen LogP contribution in [0.2, 0.25) is 0 Å². The molecule has 3 heteroatoms. The first-order valence-corrected chi connectivity index (χ1v) is 3.58. The molecule has 0 radical (unpaired) electrons. The van der Waals surface area contributed by atoms with Gasteiger partial charge in [0.2, 0.25) is 0 Å². The van der Waals surface area contributed by atoms with Crippen molar-refractivity contribution < 1.29 is 0 Å². The van der Waals surface area contributed by atoms with Gasteiger partial charge in [0.25, 0.3) is 0 Å². The minimum absolute atomic E-state index is 0.781. The summed E-state index contributed by atoms with van der Waals surface area (Å²) in [6.07, 6.45) is 3.07. The van der Waals surface area contributed by atoms with Gasteiger partial charge < -0.3 is 5.32 Å². The van der Waals surface area contributed by atoms with E-state index in [1.807, 2.05) is 24.3 Å². The summed E-state index contributed by atoms with van der Waals surface area (Å²) in [6.45, 7) is 0. The largest absolute Gasteiger partial charge is 0.373 e. The minimum atomic E-state index is 0.781. The van der Waals surface area contributed by atoms with Crippen molar-refractivity contribution >= 4 is 11.9 Å². The first-order chi connectivity index (χ1) is 5.86. The molecule has 0 atom stereocenters. The van der Waals surface area contributed by atoms with Crippen molar-refractivity contribution in [3.63, 3.8) is 0 Å². The number of nitrogens with zero attached hydrogens (tertiary/aromatic N) is 2. The molecule has 0 saturated carbocycles. The molecule has 60 valence electrons. The van der Waals surface area contributed by atoms with Gasteiger partial charge >= 0.3 is 0 Å². The quantitative estimate of drug-likeness (QED) is 0.667. The lowest BCUT2D eigenvalue weighted by Crippen LogP contribution is -1.92. The molecule has 0 bridgehead atoms. The van der Waals surface area contributed by atoms with E-state index >= 15 is 0 Å². The average Bonchev–Trinajstić information content (AvgIpc) is 2.15. The summed E-state index contributed by atoms with van der Waals surface area (Å²) in [7, 11) is 1.81. The standard InChI is InChI=1S/C9H9N3/c1-11-9-6-2-4-8(12-9)5-3-7-10/h2-6H,1H3,(H,11,12)/b5-3+. The number of rotatable bonds is 2. The van der Waals surface area contributed by atoms with Gasteiger partial charge in [-0.3, -0.25) is 0 Å². The minimum Gasteiger partial charge on any atom is -0.373 e. The van der Waals surface area contributed by atoms with E-state index in [1.54, 1.807) is 13.1 Å². The third-order valence-electron chi connectivity index (χ3n) is 1.36. The third kappa shape index (κ3) is 2.10. The lowest BCUT2D eigenvalue weighted by atomic mass is 10.3. The number of hydrogen-bond acceptors (Lipinski definition) is 3. The molecular formula is C9H9N3. The van der Waals surface area contributed by atoms with E-state index in [-0.39, 0.29) is 0 Å². The topological polar surface area (TPSA) is 48.7 Å². The first-order valence-electron chi connectivity index (χ1n) is 3.58. The summed E-state index contributed by atoms with van der Waals surface area (Å²) < 4.78 is 0. The third-order valence-corrected chi connectivity index (χ3v) is 1.36. The Bertz CT molecular complexity index is 323. The van der Waals surface area contributed by atoms with Gasteiger partial charge in [0.05, 0.1) is 11.8 Å². The maximum atomic E-state index is 8.27. The van der Waals surface area contributed by atoms with Gasteiger partial charge in [0.15, 0.2) is 0 Å². The summed E-state index contributed by atoms with van der Waals surface area (Å²) in [5.41, 5.74) is 0.781. The molecule has 1 aromatic heterocycles. The predicted molar refractivity (Wildman–Crippen MR) is 48.4 cm³/mol. The molecule has 0 fully saturated rings. The highest BCUT2D eigenvalue weighted by atomic mass is 15.0. The van der Waals surface area contributed by atoms with Gasteiger partial charge in [-0.05, 0) is 18.2 Å². The normalized spacial score (nSPS) is 9.67. The zero-order chi connectivity index (χ0) is 8.81. The van der Waals surface area contributed by atoms with Gasteiger partial charge in [-0.2, -0.15) is 5.26 Å². The van der Waals surface area contributed by atoms with E-state index in [0.29, 0.717) is 0 Å². The van der Waals surface area contributed by atoms with Crippen LogP contribution in [0.5, 0.6) is 0 Å². The van der Waals surface area contributed by atoms with E-state index in [1.165, 1.54) is 6.08 Å². The summed E-state index contributed by atoms with van der Waals surface area (Å²) in [5.74, 6) is 0.801. The highest BCUT2D eigenvalue weighted by molar-refractivity contribution is 5.50. The molecule has 0 saturated heterocycles. The Balaban J connectivity index is 2.88. The van der Waals surface area contributed by atoms with Gasteiger partial charge in [-0.25, -0.2) is 4.98 Å². The van der Waals surface area contributed by atoms with Crippen LogP contribution in [-0.2, 0) is 0 Å². The van der Waals surface area contributed by atoms with Gasteiger partial charge in [0.1, 0.15) is 5.82 Å². The van der Waals surface area contributed by atoms with Crippen LogP contribution in [0.15, 0.2) is 24.3 Å². The van der Waals surface area contributed by atoms with E-state index < -0.39 is 0 Å². The Morgan fingerprint density at radius 3 is 3.08 bits per heavy atom. The number of nitrogens with one attached hydrogen (secondary N) is 1. The molecule has 1 heterocycles. The number of hydrogen-bond donors (Lipinski definition) is 1. The lowest BCUT2D eigenvalue weighted by Gasteiger charge is -1.98. The number of aromatic nitrogens is 1. The Hall–Kier alpha value is -1.82. The molecule has 3 nitrogen and oxygen atoms in total. The van der Waals surface area contributed by atoms with Crippen LogP contribution >= 0.6 is 0 Å². The van der Waals surface area contributed by atoms with Crippen molar-refractivity contribution in [1.82, 2.24) is 4.98 Å². The van der Waals surface area contributed by atoms with Crippen LogP contribution < -0.4 is 5.32 Å². The molecule has 0 spiro atoms. The fourth-order valence-electron chi connectivity index (χ4n) is 0.806. The average molecular weight is 159 g/mol. The van der Waals surface area contributed by atoms with E-state index in [0.717, 1.165) is 11.5 Å². The maximum absolute atomic E-state index is 8.27. The van der Waals surface area contributed by atoms with Crippen molar-refractivity contribution in [1.29, 1.82) is 5.26 Å². The Morgan fingerprint density at radius 1 is 1.58 bits per heavy atom. The second-order valence-corrected chi connectivity index (χ2v) is 2.16. The van der Waals surface area contributed by atoms with Crippen molar-refractivity contribution in [3.05, 3.63) is 30.0 Å². The van der Waals surface area contributed by atoms with Crippen LogP contribution in [-0.4, -0.2) is 12.0 Å². The smallest absolute Gasteiger partial charge is 0.126 e. The van der Waals surface area contributed by atoms with Crippen molar-refractivity contribution in [2.45, 2.75) is 0 Å². The summed E-state index contributed by atoms with van der Waals surface area (Å²) in [5, 5.41) is 11.2. The van der Waals surface area contributed by atoms with Crippen LogP contribution in [0.3, 0.4) is 0 Å². The number of allylic oxidation sites excluding steroid dienone is 1. The maximum Gasteiger partial charge on any atom is 0.126 e. The second kappa shape index (κ2) is 4.14. The predicted octanol–water partition coefficient (Wildman–Crippen LogP) is 1.66. The Morgan fingerprint density at radius 2 is 2.42 bits per heavy atom. The zero-order valence-electron chi connectivity index (χ0n) is 6.78. The zero-order valence-corrected chi connectivity index (χ0v) is 6.78. The van der Waals surface area contributed by atoms with Crippen LogP contribution in [0, 0.1) is 11.3 Å². The molecule has 0 aliphatic heterocycles. The first kappa shape index (κ1) is 8.28. The van der Waals surface area contributed by atoms with Gasteiger partial charge in [-0.1, -0.05) is 6.07 Å². The highest BCUT2D eigenvalue weighted by Crippen LogP contribution is 2.04. The monoisotopic (exact) mass is 159 g/mol. The number of pyridine rings is 1. The highest BCUT2D eigenvalue weighted by Gasteiger charge is 1.89. The van der Waals surface area contributed by atoms with E-state index in [2.05, 4.69) is 10.3 Å². The van der Waals surface area contributed by atoms with Crippen LogP contribution in [0.1, 0.15) is 5.69 Å². The number of anilines is 1. The molecule has 1 N–H and O–H groups in total.